The van der Waals surface area contributed by atoms with Crippen LogP contribution in [0.2, 0.25) is 0 Å². The van der Waals surface area contributed by atoms with Crippen LogP contribution in [0.15, 0.2) is 17.5 Å². The number of carbonyl (C=O) groups is 1. The third kappa shape index (κ3) is 2.92. The summed E-state index contributed by atoms with van der Waals surface area (Å²) in [6, 6.07) is 3.36. The van der Waals surface area contributed by atoms with Crippen molar-refractivity contribution in [2.24, 2.45) is 0 Å². The molecule has 0 bridgehead atoms. The molecule has 0 aliphatic carbocycles. The van der Waals surface area contributed by atoms with E-state index in [0.29, 0.717) is 4.88 Å². The van der Waals surface area contributed by atoms with Crippen LogP contribution in [0.5, 0.6) is 0 Å². The zero-order chi connectivity index (χ0) is 12.2. The second-order valence-electron chi connectivity index (χ2n) is 2.89. The fourth-order valence-corrected chi connectivity index (χ4v) is 2.62. The predicted octanol–water partition coefficient (Wildman–Crippen LogP) is 2.74. The van der Waals surface area contributed by atoms with Crippen LogP contribution in [0, 0.1) is 0 Å². The molecule has 7 heteroatoms. The molecule has 16 heavy (non-hydrogen) atoms. The SMILES string of the molecule is COP(=O)(OC)[C@@H](C)OC(=O)c1cccs1. The van der Waals surface area contributed by atoms with Crippen LogP contribution in [-0.2, 0) is 18.3 Å². The smallest absolute Gasteiger partial charge is 0.370 e. The summed E-state index contributed by atoms with van der Waals surface area (Å²) in [5.41, 5.74) is 0. The maximum atomic E-state index is 11.8. The van der Waals surface area contributed by atoms with Crippen molar-refractivity contribution in [1.82, 2.24) is 0 Å². The Labute approximate surface area is 97.9 Å². The number of thiophene rings is 1. The van der Waals surface area contributed by atoms with Gasteiger partial charge in [0.2, 0.25) is 0 Å². The van der Waals surface area contributed by atoms with Crippen molar-refractivity contribution in [3.8, 4) is 0 Å². The first-order chi connectivity index (χ1) is 7.53. The van der Waals surface area contributed by atoms with Gasteiger partial charge in [-0.25, -0.2) is 4.79 Å². The van der Waals surface area contributed by atoms with Gasteiger partial charge in [0, 0.05) is 14.2 Å². The van der Waals surface area contributed by atoms with E-state index in [-0.39, 0.29) is 0 Å². The number of ether oxygens (including phenoxy) is 1. The summed E-state index contributed by atoms with van der Waals surface area (Å²) in [6.45, 7) is 1.47. The van der Waals surface area contributed by atoms with Crippen molar-refractivity contribution in [2.75, 3.05) is 14.2 Å². The summed E-state index contributed by atoms with van der Waals surface area (Å²) in [6.07, 6.45) is 0. The predicted molar refractivity (Wildman–Crippen MR) is 60.8 cm³/mol. The van der Waals surface area contributed by atoms with Crippen LogP contribution in [0.1, 0.15) is 16.6 Å². The summed E-state index contributed by atoms with van der Waals surface area (Å²) >= 11 is 1.25. The molecule has 1 aromatic rings. The Balaban J connectivity index is 2.68. The van der Waals surface area contributed by atoms with E-state index in [1.54, 1.807) is 17.5 Å². The molecular weight excluding hydrogens is 251 g/mol. The Morgan fingerprint density at radius 2 is 2.06 bits per heavy atom. The number of esters is 1. The van der Waals surface area contributed by atoms with Crippen LogP contribution in [0.25, 0.3) is 0 Å². The molecule has 0 saturated carbocycles. The Bertz CT molecular complexity index is 381. The quantitative estimate of drug-likeness (QED) is 0.604. The number of carbonyl (C=O) groups excluding carboxylic acids is 1. The van der Waals surface area contributed by atoms with Crippen molar-refractivity contribution in [3.63, 3.8) is 0 Å². The van der Waals surface area contributed by atoms with E-state index in [9.17, 15) is 9.36 Å². The van der Waals surface area contributed by atoms with Crippen molar-refractivity contribution in [1.29, 1.82) is 0 Å². The summed E-state index contributed by atoms with van der Waals surface area (Å²) in [4.78, 5) is 12.0. The van der Waals surface area contributed by atoms with E-state index < -0.39 is 19.4 Å². The third-order valence-corrected chi connectivity index (χ3v) is 4.82. The second kappa shape index (κ2) is 5.59. The van der Waals surface area contributed by atoms with Gasteiger partial charge in [0.15, 0.2) is 5.85 Å². The molecule has 0 amide bonds. The summed E-state index contributed by atoms with van der Waals surface area (Å²) in [5, 5.41) is 1.76. The Morgan fingerprint density at radius 1 is 1.44 bits per heavy atom. The van der Waals surface area contributed by atoms with Gasteiger partial charge in [0.05, 0.1) is 0 Å². The third-order valence-electron chi connectivity index (χ3n) is 1.95. The minimum absolute atomic E-state index is 0.450. The molecule has 0 aromatic carbocycles. The molecule has 0 aliphatic heterocycles. The molecule has 1 heterocycles. The molecule has 1 rings (SSSR count). The zero-order valence-corrected chi connectivity index (χ0v) is 10.9. The second-order valence-corrected chi connectivity index (χ2v) is 6.37. The number of rotatable bonds is 5. The average molecular weight is 264 g/mol. The van der Waals surface area contributed by atoms with Gasteiger partial charge in [0.1, 0.15) is 4.88 Å². The number of hydrogen-bond acceptors (Lipinski definition) is 6. The fourth-order valence-electron chi connectivity index (χ4n) is 1.04. The van der Waals surface area contributed by atoms with Gasteiger partial charge in [-0.15, -0.1) is 11.3 Å². The van der Waals surface area contributed by atoms with E-state index in [1.807, 2.05) is 0 Å². The van der Waals surface area contributed by atoms with Gasteiger partial charge in [-0.2, -0.15) is 0 Å². The zero-order valence-electron chi connectivity index (χ0n) is 9.21. The summed E-state index contributed by atoms with van der Waals surface area (Å²) < 4.78 is 26.3. The first-order valence-corrected chi connectivity index (χ1v) is 6.98. The van der Waals surface area contributed by atoms with Gasteiger partial charge >= 0.3 is 13.6 Å². The lowest BCUT2D eigenvalue weighted by Crippen LogP contribution is -2.16. The first kappa shape index (κ1) is 13.4. The van der Waals surface area contributed by atoms with Crippen molar-refractivity contribution in [2.45, 2.75) is 12.8 Å². The molecule has 0 aliphatic rings. The molecule has 90 valence electrons. The topological polar surface area (TPSA) is 61.8 Å². The van der Waals surface area contributed by atoms with Gasteiger partial charge < -0.3 is 13.8 Å². The van der Waals surface area contributed by atoms with Gasteiger partial charge in [-0.3, -0.25) is 4.57 Å². The molecule has 5 nitrogen and oxygen atoms in total. The van der Waals surface area contributed by atoms with Gasteiger partial charge in [0.25, 0.3) is 0 Å². The average Bonchev–Trinajstić information content (AvgIpc) is 2.81. The molecule has 0 saturated heterocycles. The van der Waals surface area contributed by atoms with Crippen LogP contribution in [0.3, 0.4) is 0 Å². The molecule has 0 radical (unpaired) electrons. The molecule has 1 aromatic heterocycles. The van der Waals surface area contributed by atoms with Crippen molar-refractivity contribution < 1.29 is 23.1 Å². The lowest BCUT2D eigenvalue weighted by Gasteiger charge is -2.20. The normalized spacial score (nSPS) is 13.4. The largest absolute Gasteiger partial charge is 0.445 e. The monoisotopic (exact) mass is 264 g/mol. The van der Waals surface area contributed by atoms with Crippen LogP contribution >= 0.6 is 18.9 Å². The first-order valence-electron chi connectivity index (χ1n) is 4.49. The molecule has 0 N–H and O–H groups in total. The maximum Gasteiger partial charge on any atom is 0.370 e. The highest BCUT2D eigenvalue weighted by molar-refractivity contribution is 7.54. The van der Waals surface area contributed by atoms with Crippen LogP contribution in [0.4, 0.5) is 0 Å². The van der Waals surface area contributed by atoms with E-state index in [1.165, 1.54) is 32.5 Å². The maximum absolute atomic E-state index is 11.8. The minimum atomic E-state index is -3.37. The molecule has 0 unspecified atom stereocenters. The van der Waals surface area contributed by atoms with E-state index in [2.05, 4.69) is 0 Å². The molecule has 1 atom stereocenters. The molecule has 0 spiro atoms. The highest BCUT2D eigenvalue weighted by Crippen LogP contribution is 2.51. The lowest BCUT2D eigenvalue weighted by molar-refractivity contribution is 0.0420. The minimum Gasteiger partial charge on any atom is -0.445 e. The van der Waals surface area contributed by atoms with E-state index >= 15 is 0 Å². The highest BCUT2D eigenvalue weighted by atomic mass is 32.1. The molecular formula is C9H13O5PS. The van der Waals surface area contributed by atoms with E-state index in [4.69, 9.17) is 13.8 Å². The molecule has 0 fully saturated rings. The summed E-state index contributed by atoms with van der Waals surface area (Å²) in [7, 11) is -0.867. The van der Waals surface area contributed by atoms with Gasteiger partial charge in [-0.05, 0) is 18.4 Å². The Hall–Kier alpha value is -0.680. The van der Waals surface area contributed by atoms with E-state index in [0.717, 1.165) is 0 Å². The fraction of sp³-hybridized carbons (Fsp3) is 0.444. The number of hydrogen-bond donors (Lipinski definition) is 0. The standard InChI is InChI=1S/C9H13O5PS/c1-7(15(11,12-2)13-3)14-9(10)8-5-4-6-16-8/h4-7H,1-3H3/t7-/m0/s1. The summed E-state index contributed by atoms with van der Waals surface area (Å²) in [5.74, 6) is -1.46. The Kier molecular flexibility index (Phi) is 4.68. The van der Waals surface area contributed by atoms with Crippen molar-refractivity contribution in [3.05, 3.63) is 22.4 Å². The lowest BCUT2D eigenvalue weighted by atomic mass is 10.5. The van der Waals surface area contributed by atoms with Crippen molar-refractivity contribution >= 4 is 24.9 Å². The Morgan fingerprint density at radius 3 is 2.50 bits per heavy atom. The highest BCUT2D eigenvalue weighted by Gasteiger charge is 2.33. The van der Waals surface area contributed by atoms with Crippen LogP contribution < -0.4 is 0 Å². The van der Waals surface area contributed by atoms with Gasteiger partial charge in [-0.1, -0.05) is 6.07 Å². The van der Waals surface area contributed by atoms with Crippen LogP contribution in [-0.4, -0.2) is 26.0 Å².